The van der Waals surface area contributed by atoms with Crippen molar-refractivity contribution >= 4 is 40.0 Å². The molecule has 90 valence electrons. The molecule has 1 heterocycles. The first-order valence-electron chi connectivity index (χ1n) is 5.48. The van der Waals surface area contributed by atoms with Crippen LogP contribution in [0.4, 0.5) is 5.69 Å². The van der Waals surface area contributed by atoms with Gasteiger partial charge in [-0.05, 0) is 25.0 Å². The Bertz CT molecular complexity index is 538. The monoisotopic (exact) mass is 269 g/mol. The molecule has 6 heteroatoms. The van der Waals surface area contributed by atoms with Crippen molar-refractivity contribution in [2.45, 2.75) is 25.0 Å². The average molecular weight is 270 g/mol. The maximum Gasteiger partial charge on any atom is 0.129 e. The number of halogens is 1. The topological polar surface area (TPSA) is 47.0 Å². The molecule has 0 spiro atoms. The van der Waals surface area contributed by atoms with E-state index in [1.807, 2.05) is 12.1 Å². The van der Waals surface area contributed by atoms with Gasteiger partial charge in [0.15, 0.2) is 0 Å². The van der Waals surface area contributed by atoms with Crippen molar-refractivity contribution < 1.29 is 4.74 Å². The number of fused-ring (bicyclic) bond motifs is 1. The summed E-state index contributed by atoms with van der Waals surface area (Å²) in [6, 6.07) is 4.18. The summed E-state index contributed by atoms with van der Waals surface area (Å²) in [5.41, 5.74) is 2.66. The van der Waals surface area contributed by atoms with E-state index in [2.05, 4.69) is 14.1 Å². The van der Waals surface area contributed by atoms with Gasteiger partial charge in [-0.3, -0.25) is 0 Å². The van der Waals surface area contributed by atoms with Crippen LogP contribution in [0.2, 0.25) is 5.02 Å². The van der Waals surface area contributed by atoms with Gasteiger partial charge in [0.2, 0.25) is 0 Å². The van der Waals surface area contributed by atoms with Gasteiger partial charge in [-0.15, -0.1) is 0 Å². The summed E-state index contributed by atoms with van der Waals surface area (Å²) in [7, 11) is 1.75. The molecule has 2 aromatic rings. The number of benzene rings is 1. The summed E-state index contributed by atoms with van der Waals surface area (Å²) in [5, 5.41) is 4.13. The Labute approximate surface area is 108 Å². The first-order chi connectivity index (χ1) is 8.28. The van der Waals surface area contributed by atoms with E-state index in [0.717, 1.165) is 29.6 Å². The molecule has 1 N–H and O–H groups in total. The fourth-order valence-electron chi connectivity index (χ4n) is 2.04. The second kappa shape index (κ2) is 4.40. The van der Waals surface area contributed by atoms with Crippen LogP contribution in [0.25, 0.3) is 11.0 Å². The van der Waals surface area contributed by atoms with Crippen molar-refractivity contribution in [3.05, 3.63) is 17.2 Å². The van der Waals surface area contributed by atoms with Crippen molar-refractivity contribution in [2.75, 3.05) is 12.4 Å². The molecule has 0 radical (unpaired) electrons. The SMILES string of the molecule is COC1CC(Nc2c(Cl)ccc3nsnc23)C1. The van der Waals surface area contributed by atoms with Gasteiger partial charge in [0.1, 0.15) is 11.0 Å². The van der Waals surface area contributed by atoms with Crippen LogP contribution in [-0.2, 0) is 4.74 Å². The van der Waals surface area contributed by atoms with E-state index in [0.29, 0.717) is 17.2 Å². The minimum atomic E-state index is 0.374. The van der Waals surface area contributed by atoms with Gasteiger partial charge >= 0.3 is 0 Å². The van der Waals surface area contributed by atoms with Crippen LogP contribution >= 0.6 is 23.3 Å². The third-order valence-electron chi connectivity index (χ3n) is 3.15. The lowest BCUT2D eigenvalue weighted by Crippen LogP contribution is -2.40. The molecule has 1 fully saturated rings. The molecule has 0 saturated heterocycles. The van der Waals surface area contributed by atoms with E-state index >= 15 is 0 Å². The molecule has 3 rings (SSSR count). The Morgan fingerprint density at radius 3 is 3.00 bits per heavy atom. The summed E-state index contributed by atoms with van der Waals surface area (Å²) in [5.74, 6) is 0. The second-order valence-corrected chi connectivity index (χ2v) is 5.16. The number of hydrogen-bond donors (Lipinski definition) is 1. The van der Waals surface area contributed by atoms with Crippen molar-refractivity contribution in [2.24, 2.45) is 0 Å². The Morgan fingerprint density at radius 2 is 2.24 bits per heavy atom. The second-order valence-electron chi connectivity index (χ2n) is 4.22. The molecule has 1 saturated carbocycles. The maximum absolute atomic E-state index is 6.20. The third kappa shape index (κ3) is 1.99. The first-order valence-corrected chi connectivity index (χ1v) is 6.59. The lowest BCUT2D eigenvalue weighted by molar-refractivity contribution is 0.0329. The molecule has 4 nitrogen and oxygen atoms in total. The highest BCUT2D eigenvalue weighted by atomic mass is 35.5. The van der Waals surface area contributed by atoms with Crippen LogP contribution in [0.5, 0.6) is 0 Å². The number of methoxy groups -OCH3 is 1. The number of nitrogens with one attached hydrogen (secondary N) is 1. The van der Waals surface area contributed by atoms with Crippen LogP contribution in [0.1, 0.15) is 12.8 Å². The van der Waals surface area contributed by atoms with E-state index in [4.69, 9.17) is 16.3 Å². The highest BCUT2D eigenvalue weighted by molar-refractivity contribution is 7.00. The van der Waals surface area contributed by atoms with Crippen molar-refractivity contribution in [1.82, 2.24) is 8.75 Å². The average Bonchev–Trinajstić information content (AvgIpc) is 2.73. The highest BCUT2D eigenvalue weighted by Gasteiger charge is 2.29. The van der Waals surface area contributed by atoms with Gasteiger partial charge in [-0.25, -0.2) is 0 Å². The Kier molecular flexibility index (Phi) is 2.90. The number of aromatic nitrogens is 2. The zero-order chi connectivity index (χ0) is 11.8. The fourth-order valence-corrected chi connectivity index (χ4v) is 2.79. The van der Waals surface area contributed by atoms with Crippen molar-refractivity contribution in [3.8, 4) is 0 Å². The van der Waals surface area contributed by atoms with E-state index < -0.39 is 0 Å². The van der Waals surface area contributed by atoms with Crippen LogP contribution in [0.15, 0.2) is 12.1 Å². The molecule has 0 amide bonds. The summed E-state index contributed by atoms with van der Waals surface area (Å²) < 4.78 is 13.8. The van der Waals surface area contributed by atoms with Crippen LogP contribution in [-0.4, -0.2) is 28.0 Å². The molecule has 17 heavy (non-hydrogen) atoms. The minimum Gasteiger partial charge on any atom is -0.381 e. The smallest absolute Gasteiger partial charge is 0.129 e. The van der Waals surface area contributed by atoms with Gasteiger partial charge in [0.05, 0.1) is 28.5 Å². The van der Waals surface area contributed by atoms with Crippen molar-refractivity contribution in [3.63, 3.8) is 0 Å². The standard InChI is InChI=1S/C11H12ClN3OS/c1-16-7-4-6(5-7)13-10-8(12)2-3-9-11(10)15-17-14-9/h2-3,6-7,13H,4-5H2,1H3. The molecule has 1 aromatic heterocycles. The number of anilines is 1. The van der Waals surface area contributed by atoms with E-state index in [-0.39, 0.29) is 0 Å². The summed E-state index contributed by atoms with van der Waals surface area (Å²) in [6.07, 6.45) is 2.40. The molecule has 0 unspecified atom stereocenters. The zero-order valence-corrected chi connectivity index (χ0v) is 10.9. The Balaban J connectivity index is 1.84. The first kappa shape index (κ1) is 11.2. The number of ether oxygens (including phenoxy) is 1. The lowest BCUT2D eigenvalue weighted by atomic mass is 9.89. The maximum atomic E-state index is 6.20. The molecular weight excluding hydrogens is 258 g/mol. The normalized spacial score (nSPS) is 23.6. The zero-order valence-electron chi connectivity index (χ0n) is 9.31. The Morgan fingerprint density at radius 1 is 1.41 bits per heavy atom. The van der Waals surface area contributed by atoms with E-state index in [1.165, 1.54) is 11.7 Å². The Hall–Kier alpha value is -0.910. The molecular formula is C11H12ClN3OS. The van der Waals surface area contributed by atoms with Gasteiger partial charge in [0.25, 0.3) is 0 Å². The predicted molar refractivity (Wildman–Crippen MR) is 69.9 cm³/mol. The number of nitrogens with zero attached hydrogens (tertiary/aromatic N) is 2. The van der Waals surface area contributed by atoms with Crippen molar-refractivity contribution in [1.29, 1.82) is 0 Å². The quantitative estimate of drug-likeness (QED) is 0.931. The van der Waals surface area contributed by atoms with Gasteiger partial charge < -0.3 is 10.1 Å². The predicted octanol–water partition coefficient (Wildman–Crippen LogP) is 2.93. The molecule has 1 aromatic carbocycles. The fraction of sp³-hybridized carbons (Fsp3) is 0.455. The minimum absolute atomic E-state index is 0.374. The summed E-state index contributed by atoms with van der Waals surface area (Å²) >= 11 is 7.41. The molecule has 0 bridgehead atoms. The van der Waals surface area contributed by atoms with E-state index in [1.54, 1.807) is 7.11 Å². The van der Waals surface area contributed by atoms with Gasteiger partial charge in [-0.2, -0.15) is 8.75 Å². The highest BCUT2D eigenvalue weighted by Crippen LogP contribution is 2.34. The van der Waals surface area contributed by atoms with Gasteiger partial charge in [0, 0.05) is 13.2 Å². The van der Waals surface area contributed by atoms with Crippen LogP contribution < -0.4 is 5.32 Å². The third-order valence-corrected chi connectivity index (χ3v) is 4.01. The van der Waals surface area contributed by atoms with Gasteiger partial charge in [-0.1, -0.05) is 11.6 Å². The summed E-state index contributed by atoms with van der Waals surface area (Å²) in [6.45, 7) is 0. The largest absolute Gasteiger partial charge is 0.381 e. The van der Waals surface area contributed by atoms with Crippen LogP contribution in [0, 0.1) is 0 Å². The summed E-state index contributed by atoms with van der Waals surface area (Å²) in [4.78, 5) is 0. The molecule has 0 atom stereocenters. The number of hydrogen-bond acceptors (Lipinski definition) is 5. The van der Waals surface area contributed by atoms with Crippen LogP contribution in [0.3, 0.4) is 0 Å². The van der Waals surface area contributed by atoms with E-state index in [9.17, 15) is 0 Å². The molecule has 1 aliphatic carbocycles. The lowest BCUT2D eigenvalue weighted by Gasteiger charge is -2.35. The molecule has 0 aliphatic heterocycles. The number of rotatable bonds is 3. The molecule has 1 aliphatic rings.